The molecule has 0 saturated heterocycles. The molecular formula is C43H85NO4. The average Bonchev–Trinajstić information content (AvgIpc) is 3.09. The van der Waals surface area contributed by atoms with E-state index in [2.05, 4.69) is 31.3 Å². The number of rotatable bonds is 39. The number of aliphatic hydroxyl groups excluding tert-OH is 3. The van der Waals surface area contributed by atoms with Crippen molar-refractivity contribution in [3.63, 3.8) is 0 Å². The van der Waals surface area contributed by atoms with Crippen LogP contribution in [0.2, 0.25) is 0 Å². The molecule has 286 valence electrons. The first-order valence-corrected chi connectivity index (χ1v) is 21.5. The van der Waals surface area contributed by atoms with Crippen LogP contribution in [0.25, 0.3) is 0 Å². The number of allylic oxidation sites excluding steroid dienone is 2. The standard InChI is InChI=1S/C43H85NO4/c1-3-5-7-9-11-13-15-17-19-20-21-22-23-24-25-27-29-31-33-35-37-41(46)43(48)40(39-45)44-42(47)38-36-34-32-30-28-26-18-16-14-12-10-8-6-4-2/h29,31,40-41,43,45-46,48H,3-28,30,32-39H2,1-2H3,(H,44,47)/b31-29+. The summed E-state index contributed by atoms with van der Waals surface area (Å²) in [5.41, 5.74) is 0. The zero-order valence-electron chi connectivity index (χ0n) is 32.4. The van der Waals surface area contributed by atoms with Gasteiger partial charge in [-0.2, -0.15) is 0 Å². The van der Waals surface area contributed by atoms with Gasteiger partial charge in [0.05, 0.1) is 18.8 Å². The van der Waals surface area contributed by atoms with Crippen LogP contribution in [0.1, 0.15) is 232 Å². The zero-order valence-corrected chi connectivity index (χ0v) is 32.4. The molecule has 0 saturated carbocycles. The monoisotopic (exact) mass is 680 g/mol. The normalized spacial score (nSPS) is 13.7. The molecule has 0 fully saturated rings. The molecule has 4 N–H and O–H groups in total. The fraction of sp³-hybridized carbons (Fsp3) is 0.930. The molecule has 0 aromatic heterocycles. The molecule has 0 radical (unpaired) electrons. The molecule has 0 aromatic rings. The SMILES string of the molecule is CCCCCCCCCCCCCCCCC/C=C/CCCC(O)C(O)C(CO)NC(=O)CCCCCCCCCCCCCCCC. The number of nitrogens with one attached hydrogen (secondary N) is 1. The minimum absolute atomic E-state index is 0.152. The van der Waals surface area contributed by atoms with Crippen LogP contribution < -0.4 is 5.32 Å². The van der Waals surface area contributed by atoms with E-state index in [0.29, 0.717) is 12.8 Å². The van der Waals surface area contributed by atoms with Gasteiger partial charge in [0.2, 0.25) is 5.91 Å². The van der Waals surface area contributed by atoms with Gasteiger partial charge in [0.25, 0.3) is 0 Å². The molecule has 0 aromatic carbocycles. The van der Waals surface area contributed by atoms with Gasteiger partial charge in [-0.15, -0.1) is 0 Å². The second-order valence-corrected chi connectivity index (χ2v) is 14.9. The summed E-state index contributed by atoms with van der Waals surface area (Å²) in [6.07, 6.45) is 44.6. The molecule has 48 heavy (non-hydrogen) atoms. The van der Waals surface area contributed by atoms with Crippen LogP contribution in [0.3, 0.4) is 0 Å². The zero-order chi connectivity index (χ0) is 35.2. The highest BCUT2D eigenvalue weighted by atomic mass is 16.3. The number of hydrogen-bond acceptors (Lipinski definition) is 4. The number of aliphatic hydroxyl groups is 3. The summed E-state index contributed by atoms with van der Waals surface area (Å²) >= 11 is 0. The molecule has 0 aliphatic carbocycles. The highest BCUT2D eigenvalue weighted by molar-refractivity contribution is 5.76. The van der Waals surface area contributed by atoms with Crippen molar-refractivity contribution in [2.45, 2.75) is 250 Å². The lowest BCUT2D eigenvalue weighted by Crippen LogP contribution is -2.50. The molecule has 0 aliphatic rings. The quantitative estimate of drug-likeness (QED) is 0.0384. The van der Waals surface area contributed by atoms with Crippen LogP contribution in [0.4, 0.5) is 0 Å². The van der Waals surface area contributed by atoms with Crippen molar-refractivity contribution in [2.24, 2.45) is 0 Å². The van der Waals surface area contributed by atoms with E-state index in [1.54, 1.807) is 0 Å². The molecule has 3 unspecified atom stereocenters. The minimum Gasteiger partial charge on any atom is -0.394 e. The maximum atomic E-state index is 12.4. The highest BCUT2D eigenvalue weighted by Gasteiger charge is 2.26. The molecule has 5 heteroatoms. The molecule has 0 bridgehead atoms. The maximum Gasteiger partial charge on any atom is 0.220 e. The average molecular weight is 680 g/mol. The highest BCUT2D eigenvalue weighted by Crippen LogP contribution is 2.16. The van der Waals surface area contributed by atoms with Crippen molar-refractivity contribution in [3.8, 4) is 0 Å². The molecule has 5 nitrogen and oxygen atoms in total. The van der Waals surface area contributed by atoms with Gasteiger partial charge in [0.15, 0.2) is 0 Å². The van der Waals surface area contributed by atoms with E-state index < -0.39 is 18.2 Å². The summed E-state index contributed by atoms with van der Waals surface area (Å²) in [4.78, 5) is 12.4. The molecule has 0 heterocycles. The van der Waals surface area contributed by atoms with E-state index in [4.69, 9.17) is 0 Å². The van der Waals surface area contributed by atoms with Crippen LogP contribution in [0.5, 0.6) is 0 Å². The van der Waals surface area contributed by atoms with Crippen molar-refractivity contribution in [3.05, 3.63) is 12.2 Å². The minimum atomic E-state index is -1.15. The fourth-order valence-electron chi connectivity index (χ4n) is 6.75. The molecule has 0 aliphatic heterocycles. The summed E-state index contributed by atoms with van der Waals surface area (Å²) in [5, 5.41) is 33.5. The Morgan fingerprint density at radius 2 is 0.833 bits per heavy atom. The van der Waals surface area contributed by atoms with Crippen LogP contribution in [-0.4, -0.2) is 46.1 Å². The third kappa shape index (κ3) is 33.6. The number of carbonyl (C=O) groups excluding carboxylic acids is 1. The Hall–Kier alpha value is -0.910. The Balaban J connectivity index is 3.64. The van der Waals surface area contributed by atoms with E-state index in [9.17, 15) is 20.1 Å². The van der Waals surface area contributed by atoms with Crippen LogP contribution in [0.15, 0.2) is 12.2 Å². The van der Waals surface area contributed by atoms with Crippen molar-refractivity contribution >= 4 is 5.91 Å². The van der Waals surface area contributed by atoms with Gasteiger partial charge in [-0.25, -0.2) is 0 Å². The molecule has 3 atom stereocenters. The van der Waals surface area contributed by atoms with E-state index in [1.807, 2.05) is 0 Å². The third-order valence-corrected chi connectivity index (χ3v) is 10.1. The lowest BCUT2D eigenvalue weighted by Gasteiger charge is -2.26. The van der Waals surface area contributed by atoms with Gasteiger partial charge in [-0.1, -0.05) is 199 Å². The van der Waals surface area contributed by atoms with Gasteiger partial charge in [0, 0.05) is 6.42 Å². The molecule has 0 rings (SSSR count). The van der Waals surface area contributed by atoms with Gasteiger partial charge in [-0.05, 0) is 38.5 Å². The van der Waals surface area contributed by atoms with Crippen molar-refractivity contribution in [1.29, 1.82) is 0 Å². The first-order valence-electron chi connectivity index (χ1n) is 21.5. The summed E-state index contributed by atoms with van der Waals surface area (Å²) in [6.45, 7) is 4.18. The number of hydrogen-bond donors (Lipinski definition) is 4. The van der Waals surface area contributed by atoms with E-state index in [-0.39, 0.29) is 12.5 Å². The summed E-state index contributed by atoms with van der Waals surface area (Å²) in [7, 11) is 0. The molecular weight excluding hydrogens is 594 g/mol. The first kappa shape index (κ1) is 47.1. The smallest absolute Gasteiger partial charge is 0.220 e. The Kier molecular flexibility index (Phi) is 38.1. The van der Waals surface area contributed by atoms with Crippen LogP contribution >= 0.6 is 0 Å². The molecule has 1 amide bonds. The van der Waals surface area contributed by atoms with E-state index >= 15 is 0 Å². The Bertz CT molecular complexity index is 669. The Labute approximate surface area is 299 Å². The number of amides is 1. The van der Waals surface area contributed by atoms with E-state index in [1.165, 1.54) is 167 Å². The summed E-state index contributed by atoms with van der Waals surface area (Å²) in [5.74, 6) is -0.152. The van der Waals surface area contributed by atoms with Crippen LogP contribution in [-0.2, 0) is 4.79 Å². The van der Waals surface area contributed by atoms with Gasteiger partial charge < -0.3 is 20.6 Å². The van der Waals surface area contributed by atoms with Gasteiger partial charge in [0.1, 0.15) is 6.10 Å². The Morgan fingerprint density at radius 1 is 0.500 bits per heavy atom. The summed E-state index contributed by atoms with van der Waals surface area (Å²) < 4.78 is 0. The second-order valence-electron chi connectivity index (χ2n) is 14.9. The largest absolute Gasteiger partial charge is 0.394 e. The van der Waals surface area contributed by atoms with Crippen LogP contribution in [0, 0.1) is 0 Å². The van der Waals surface area contributed by atoms with Gasteiger partial charge in [-0.3, -0.25) is 4.79 Å². The second kappa shape index (κ2) is 38.9. The Morgan fingerprint density at radius 3 is 1.21 bits per heavy atom. The lowest BCUT2D eigenvalue weighted by molar-refractivity contribution is -0.124. The molecule has 0 spiro atoms. The summed E-state index contributed by atoms with van der Waals surface area (Å²) in [6, 6.07) is -0.820. The van der Waals surface area contributed by atoms with E-state index in [0.717, 1.165) is 38.5 Å². The number of unbranched alkanes of at least 4 members (excludes halogenated alkanes) is 29. The maximum absolute atomic E-state index is 12.4. The first-order chi connectivity index (χ1) is 23.6. The third-order valence-electron chi connectivity index (χ3n) is 10.1. The topological polar surface area (TPSA) is 89.8 Å². The lowest BCUT2D eigenvalue weighted by atomic mass is 10.0. The predicted octanol–water partition coefficient (Wildman–Crippen LogP) is 12.0. The van der Waals surface area contributed by atoms with Crippen molar-refractivity contribution in [2.75, 3.05) is 6.61 Å². The van der Waals surface area contributed by atoms with Crippen molar-refractivity contribution < 1.29 is 20.1 Å². The van der Waals surface area contributed by atoms with Crippen molar-refractivity contribution in [1.82, 2.24) is 5.32 Å². The van der Waals surface area contributed by atoms with Gasteiger partial charge >= 0.3 is 0 Å². The predicted molar refractivity (Wildman–Crippen MR) is 208 cm³/mol. The fourth-order valence-corrected chi connectivity index (χ4v) is 6.75. The number of carbonyl (C=O) groups is 1.